The van der Waals surface area contributed by atoms with Crippen molar-refractivity contribution in [2.24, 2.45) is 0 Å². The molecular weight excluding hydrogens is 136 g/mol. The Morgan fingerprint density at radius 3 is 2.56 bits per heavy atom. The summed E-state index contributed by atoms with van der Waals surface area (Å²) in [6.45, 7) is -0.844. The Morgan fingerprint density at radius 1 is 1.44 bits per heavy atom. The zero-order valence-corrected chi connectivity index (χ0v) is 4.06. The predicted molar refractivity (Wildman–Crippen MR) is 14.2 cm³/mol. The number of carboxylic acid groups (broad SMARTS) is 1. The van der Waals surface area contributed by atoms with Crippen LogP contribution in [0.15, 0.2) is 0 Å². The molecule has 0 aliphatic heterocycles. The second-order valence-corrected chi connectivity index (χ2v) is 0.838. The van der Waals surface area contributed by atoms with E-state index in [0.717, 1.165) is 0 Å². The molecule has 9 heavy (non-hydrogen) atoms. The van der Waals surface area contributed by atoms with Crippen molar-refractivity contribution in [3.63, 3.8) is 0 Å². The van der Waals surface area contributed by atoms with E-state index in [9.17, 15) is 9.90 Å². The van der Waals surface area contributed by atoms with Crippen molar-refractivity contribution in [1.29, 1.82) is 0 Å². The van der Waals surface area contributed by atoms with Crippen molar-refractivity contribution in [1.82, 2.24) is 0 Å². The zero-order valence-electron chi connectivity index (χ0n) is 4.06. The highest BCUT2D eigenvalue weighted by Crippen LogP contribution is 1.76. The van der Waals surface area contributed by atoms with Crippen LogP contribution in [0.5, 0.6) is 0 Å². The molecule has 0 heterocycles. The Morgan fingerprint density at radius 2 is 2.11 bits per heavy atom. The Labute approximate surface area is 49.0 Å². The third-order valence-electron chi connectivity index (χ3n) is 0.280. The lowest BCUT2D eigenvalue weighted by Crippen LogP contribution is -2.27. The topological polar surface area (TPSA) is 100 Å². The first-order valence-electron chi connectivity index (χ1n) is 1.72. The van der Waals surface area contributed by atoms with Gasteiger partial charge < -0.3 is 15.2 Å². The molecule has 0 aliphatic rings. The average molecular weight is 138 g/mol. The minimum Gasteiger partial charge on any atom is -0.689 e. The van der Waals surface area contributed by atoms with Crippen LogP contribution in [0.4, 0.5) is 0 Å². The van der Waals surface area contributed by atoms with Crippen LogP contribution in [0.2, 0.25) is 0 Å². The maximum absolute atomic E-state index is 9.47. The summed E-state index contributed by atoms with van der Waals surface area (Å²) in [6.07, 6.45) is 0. The molecule has 0 radical (unpaired) electrons. The van der Waals surface area contributed by atoms with Gasteiger partial charge in [0.2, 0.25) is 0 Å². The summed E-state index contributed by atoms with van der Waals surface area (Å²) in [5.41, 5.74) is 0. The molecule has 0 saturated carbocycles. The summed E-state index contributed by atoms with van der Waals surface area (Å²) in [4.78, 5) is 13.1. The third-order valence-corrected chi connectivity index (χ3v) is 0.280. The Bertz CT molecular complexity index is 79.0. The van der Waals surface area contributed by atoms with Gasteiger partial charge >= 0.3 is 0 Å². The summed E-state index contributed by atoms with van der Waals surface area (Å²) < 4.78 is 0. The molecule has 0 aromatic heterocycles. The first-order valence-corrected chi connectivity index (χ1v) is 1.72. The fraction of sp³-hybridized carbons (Fsp3) is 0.500. The smallest absolute Gasteiger partial charge is 0.125 e. The van der Waals surface area contributed by atoms with Gasteiger partial charge in [0, 0.05) is 0 Å². The van der Waals surface area contributed by atoms with Crippen LogP contribution in [-0.2, 0) is 24.8 Å². The minimum atomic E-state index is -1.51. The molecule has 0 saturated heterocycles. The van der Waals surface area contributed by atoms with Crippen LogP contribution >= 0.6 is 0 Å². The zero-order chi connectivity index (χ0) is 7.11. The molecule has 0 atom stereocenters. The van der Waals surface area contributed by atoms with Crippen molar-refractivity contribution in [3.8, 4) is 0 Å². The second-order valence-electron chi connectivity index (χ2n) is 0.838. The van der Waals surface area contributed by atoms with Crippen LogP contribution in [0.25, 0.3) is 0 Å². The maximum Gasteiger partial charge on any atom is 0.125 e. The van der Waals surface area contributed by atoms with Gasteiger partial charge in [0.05, 0.1) is 5.97 Å². The molecule has 0 N–H and O–H groups in total. The highest BCUT2D eigenvalue weighted by Gasteiger charge is 1.86. The van der Waals surface area contributed by atoms with Gasteiger partial charge in [0.15, 0.2) is 0 Å². The van der Waals surface area contributed by atoms with Crippen LogP contribution < -0.4 is 10.4 Å². The lowest BCUT2D eigenvalue weighted by molar-refractivity contribution is -0.874. The first-order chi connectivity index (χ1) is 4.27. The normalized spacial score (nSPS) is 9.44. The number of carboxylic acids is 1. The lowest BCUT2D eigenvalue weighted by Gasteiger charge is -2.03. The predicted octanol–water partition coefficient (Wildman–Crippen LogP) is -3.18. The van der Waals surface area contributed by atoms with E-state index >= 15 is 0 Å². The molecule has 0 aromatic carbocycles. The van der Waals surface area contributed by atoms with Crippen LogP contribution in [0.1, 0.15) is 0 Å². The summed E-state index contributed by atoms with van der Waals surface area (Å²) >= 11 is 0. The highest BCUT2D eigenvalue weighted by atomic mass is 17.8. The molecule has 0 fully saturated rings. The fourth-order valence-electron chi connectivity index (χ4n) is 0.103. The molecule has 0 spiro atoms. The number of hydrogen-bond acceptors (Lipinski definition) is 7. The molecule has 54 valence electrons. The Kier molecular flexibility index (Phi) is 4.97. The SMILES string of the molecule is O=C([O-])COOOO[O-]. The van der Waals surface area contributed by atoms with Crippen molar-refractivity contribution < 1.29 is 35.2 Å². The van der Waals surface area contributed by atoms with Crippen molar-refractivity contribution in [2.75, 3.05) is 6.61 Å². The number of aliphatic carboxylic acids is 1. The van der Waals surface area contributed by atoms with E-state index in [1.807, 2.05) is 0 Å². The van der Waals surface area contributed by atoms with Gasteiger partial charge in [-0.2, -0.15) is 4.89 Å². The lowest BCUT2D eigenvalue weighted by atomic mass is 10.8. The summed E-state index contributed by atoms with van der Waals surface area (Å²) in [6, 6.07) is 0. The molecule has 0 amide bonds. The van der Waals surface area contributed by atoms with Crippen LogP contribution in [0, 0.1) is 0 Å². The standard InChI is InChI=1S/C2H4O7/c3-2(4)1-6-8-9-7-5/h5H,1H2,(H,3,4)/p-2. The monoisotopic (exact) mass is 138 g/mol. The Balaban J connectivity index is 2.83. The minimum absolute atomic E-state index is 0.844. The van der Waals surface area contributed by atoms with E-state index in [-0.39, 0.29) is 0 Å². The quantitative estimate of drug-likeness (QED) is 0.224. The van der Waals surface area contributed by atoms with Gasteiger partial charge in [0.25, 0.3) is 0 Å². The van der Waals surface area contributed by atoms with E-state index in [1.54, 1.807) is 0 Å². The second kappa shape index (κ2) is 5.41. The molecule has 0 bridgehead atoms. The number of rotatable bonds is 5. The third kappa shape index (κ3) is 7.27. The van der Waals surface area contributed by atoms with E-state index in [1.165, 1.54) is 0 Å². The van der Waals surface area contributed by atoms with Gasteiger partial charge in [-0.15, -0.1) is 0 Å². The number of carbonyl (C=O) groups excluding carboxylic acids is 1. The van der Waals surface area contributed by atoms with Gasteiger partial charge in [-0.25, -0.2) is 0 Å². The van der Waals surface area contributed by atoms with Gasteiger partial charge in [-0.05, 0) is 10.1 Å². The van der Waals surface area contributed by atoms with E-state index < -0.39 is 12.6 Å². The van der Waals surface area contributed by atoms with E-state index in [2.05, 4.69) is 20.0 Å². The van der Waals surface area contributed by atoms with Crippen molar-refractivity contribution >= 4 is 5.97 Å². The van der Waals surface area contributed by atoms with Crippen LogP contribution in [0.3, 0.4) is 0 Å². The first kappa shape index (κ1) is 8.27. The molecule has 0 rings (SSSR count). The average Bonchev–Trinajstić information content (AvgIpc) is 1.80. The molecule has 0 unspecified atom stereocenters. The largest absolute Gasteiger partial charge is 0.689 e. The summed E-state index contributed by atoms with van der Waals surface area (Å²) in [7, 11) is 0. The summed E-state index contributed by atoms with van der Waals surface area (Å²) in [5, 5.41) is 27.4. The fourth-order valence-corrected chi connectivity index (χ4v) is 0.103. The maximum atomic E-state index is 9.47. The van der Waals surface area contributed by atoms with E-state index in [0.29, 0.717) is 0 Å². The molecule has 7 nitrogen and oxygen atoms in total. The molecule has 7 heteroatoms. The van der Waals surface area contributed by atoms with Crippen molar-refractivity contribution in [2.45, 2.75) is 0 Å². The van der Waals surface area contributed by atoms with Gasteiger partial charge in [-0.3, -0.25) is 5.04 Å². The van der Waals surface area contributed by atoms with E-state index in [4.69, 9.17) is 5.26 Å². The van der Waals surface area contributed by atoms with Crippen molar-refractivity contribution in [3.05, 3.63) is 0 Å². The van der Waals surface area contributed by atoms with Crippen LogP contribution in [-0.4, -0.2) is 12.6 Å². The Hall–Kier alpha value is -0.730. The molecular formula is C2H2O7-2. The summed E-state index contributed by atoms with van der Waals surface area (Å²) in [5.74, 6) is -1.51. The van der Waals surface area contributed by atoms with Gasteiger partial charge in [-0.1, -0.05) is 0 Å². The number of carbonyl (C=O) groups is 1. The van der Waals surface area contributed by atoms with Gasteiger partial charge in [0.1, 0.15) is 6.61 Å². The highest BCUT2D eigenvalue weighted by molar-refractivity contribution is 5.65. The molecule has 0 aliphatic carbocycles. The molecule has 0 aromatic rings. The number of hydrogen-bond donors (Lipinski definition) is 0.